The molecule has 0 saturated heterocycles. The van der Waals surface area contributed by atoms with Gasteiger partial charge in [0, 0.05) is 12.1 Å². The molecule has 1 aliphatic carbocycles. The summed E-state index contributed by atoms with van der Waals surface area (Å²) in [5, 5.41) is 3.32. The second-order valence-electron chi connectivity index (χ2n) is 7.00. The normalized spacial score (nSPS) is 22.4. The molecule has 120 valence electrons. The molecule has 1 unspecified atom stereocenters. The van der Waals surface area contributed by atoms with Crippen LogP contribution in [0, 0.1) is 0 Å². The molecule has 2 nitrogen and oxygen atoms in total. The minimum Gasteiger partial charge on any atom is -0.361 e. The molecule has 1 rings (SSSR count). The molecular weight excluding hydrogens is 267 g/mol. The molecule has 20 heavy (non-hydrogen) atoms. The van der Waals surface area contributed by atoms with E-state index in [2.05, 4.69) is 5.32 Å². The first-order chi connectivity index (χ1) is 9.04. The smallest absolute Gasteiger partial charge is 0.361 e. The van der Waals surface area contributed by atoms with E-state index in [0.717, 1.165) is 32.6 Å². The van der Waals surface area contributed by atoms with Gasteiger partial charge in [-0.25, -0.2) is 0 Å². The van der Waals surface area contributed by atoms with Crippen molar-refractivity contribution in [1.82, 2.24) is 5.32 Å². The van der Waals surface area contributed by atoms with Crippen LogP contribution in [0.15, 0.2) is 0 Å². The average molecular weight is 295 g/mol. The summed E-state index contributed by atoms with van der Waals surface area (Å²) in [4.78, 5) is 0. The molecule has 0 aromatic rings. The van der Waals surface area contributed by atoms with Crippen molar-refractivity contribution in [3.8, 4) is 0 Å². The van der Waals surface area contributed by atoms with Crippen molar-refractivity contribution in [2.75, 3.05) is 6.54 Å². The predicted molar refractivity (Wildman–Crippen MR) is 74.8 cm³/mol. The van der Waals surface area contributed by atoms with Gasteiger partial charge in [0.2, 0.25) is 0 Å². The third kappa shape index (κ3) is 6.00. The van der Waals surface area contributed by atoms with Gasteiger partial charge >= 0.3 is 6.18 Å². The van der Waals surface area contributed by atoms with Crippen LogP contribution in [-0.4, -0.2) is 30.0 Å². The molecule has 0 bridgehead atoms. The van der Waals surface area contributed by atoms with Crippen LogP contribution in [0.2, 0.25) is 0 Å². The van der Waals surface area contributed by atoms with Crippen LogP contribution < -0.4 is 5.32 Å². The number of alkyl halides is 3. The number of hydrogen-bond acceptors (Lipinski definition) is 2. The number of nitrogens with one attached hydrogen (secondary N) is 1. The Morgan fingerprint density at radius 2 is 1.55 bits per heavy atom. The van der Waals surface area contributed by atoms with Crippen molar-refractivity contribution in [2.45, 2.75) is 89.6 Å². The maximum Gasteiger partial charge on any atom is 0.414 e. The van der Waals surface area contributed by atoms with Crippen molar-refractivity contribution >= 4 is 0 Å². The van der Waals surface area contributed by atoms with Gasteiger partial charge in [-0.1, -0.05) is 25.7 Å². The van der Waals surface area contributed by atoms with Crippen LogP contribution in [0.1, 0.15) is 66.2 Å². The molecule has 0 heterocycles. The van der Waals surface area contributed by atoms with E-state index in [9.17, 15) is 13.2 Å². The van der Waals surface area contributed by atoms with Crippen molar-refractivity contribution < 1.29 is 17.9 Å². The standard InChI is InChI=1S/C15H28F3NO/c1-12(15(16,17)18)20-14(11-19-13(2,3)4)9-7-5-6-8-10-14/h12,19H,5-11H2,1-4H3. The molecule has 0 aliphatic heterocycles. The third-order valence-electron chi connectivity index (χ3n) is 3.84. The third-order valence-corrected chi connectivity index (χ3v) is 3.84. The Balaban J connectivity index is 2.77. The fraction of sp³-hybridized carbons (Fsp3) is 1.00. The Bertz CT molecular complexity index is 288. The molecule has 0 spiro atoms. The largest absolute Gasteiger partial charge is 0.414 e. The van der Waals surface area contributed by atoms with Crippen LogP contribution in [0.3, 0.4) is 0 Å². The van der Waals surface area contributed by atoms with Gasteiger partial charge in [-0.2, -0.15) is 13.2 Å². The first-order valence-electron chi connectivity index (χ1n) is 7.54. The van der Waals surface area contributed by atoms with Crippen LogP contribution in [0.5, 0.6) is 0 Å². The molecule has 5 heteroatoms. The van der Waals surface area contributed by atoms with Crippen molar-refractivity contribution in [3.05, 3.63) is 0 Å². The molecule has 1 atom stereocenters. The van der Waals surface area contributed by atoms with Crippen molar-refractivity contribution in [3.63, 3.8) is 0 Å². The topological polar surface area (TPSA) is 21.3 Å². The fourth-order valence-electron chi connectivity index (χ4n) is 2.58. The number of halogens is 3. The lowest BCUT2D eigenvalue weighted by atomic mass is 9.92. The Morgan fingerprint density at radius 1 is 1.05 bits per heavy atom. The van der Waals surface area contributed by atoms with E-state index in [1.807, 2.05) is 20.8 Å². The number of ether oxygens (including phenoxy) is 1. The second-order valence-corrected chi connectivity index (χ2v) is 7.00. The number of rotatable bonds is 4. The lowest BCUT2D eigenvalue weighted by Crippen LogP contribution is -2.51. The molecule has 0 amide bonds. The molecular formula is C15H28F3NO. The minimum atomic E-state index is -4.29. The molecule has 0 aromatic heterocycles. The van der Waals surface area contributed by atoms with E-state index in [4.69, 9.17) is 4.74 Å². The van der Waals surface area contributed by atoms with E-state index in [0.29, 0.717) is 19.4 Å². The predicted octanol–water partition coefficient (Wildman–Crippen LogP) is 4.43. The summed E-state index contributed by atoms with van der Waals surface area (Å²) >= 11 is 0. The van der Waals surface area contributed by atoms with Gasteiger partial charge in [-0.3, -0.25) is 0 Å². The van der Waals surface area contributed by atoms with Crippen LogP contribution >= 0.6 is 0 Å². The van der Waals surface area contributed by atoms with E-state index >= 15 is 0 Å². The van der Waals surface area contributed by atoms with Gasteiger partial charge in [0.15, 0.2) is 6.10 Å². The highest BCUT2D eigenvalue weighted by Gasteiger charge is 2.43. The van der Waals surface area contributed by atoms with Crippen LogP contribution in [-0.2, 0) is 4.74 Å². The summed E-state index contributed by atoms with van der Waals surface area (Å²) in [7, 11) is 0. The zero-order valence-corrected chi connectivity index (χ0v) is 13.1. The lowest BCUT2D eigenvalue weighted by molar-refractivity contribution is -0.249. The zero-order valence-electron chi connectivity index (χ0n) is 13.1. The summed E-state index contributed by atoms with van der Waals surface area (Å²) in [6, 6.07) is 0. The summed E-state index contributed by atoms with van der Waals surface area (Å²) in [5.74, 6) is 0. The molecule has 1 fully saturated rings. The minimum absolute atomic E-state index is 0.121. The number of hydrogen-bond donors (Lipinski definition) is 1. The molecule has 1 N–H and O–H groups in total. The summed E-state index contributed by atoms with van der Waals surface area (Å²) in [6.45, 7) is 7.65. The fourth-order valence-corrected chi connectivity index (χ4v) is 2.58. The summed E-state index contributed by atoms with van der Waals surface area (Å²) in [5.41, 5.74) is -0.803. The van der Waals surface area contributed by atoms with Gasteiger partial charge in [0.1, 0.15) is 0 Å². The highest BCUT2D eigenvalue weighted by atomic mass is 19.4. The van der Waals surface area contributed by atoms with E-state index in [-0.39, 0.29) is 5.54 Å². The Morgan fingerprint density at radius 3 is 1.95 bits per heavy atom. The SMILES string of the molecule is CC(OC1(CNC(C)(C)C)CCCCCC1)C(F)(F)F. The Labute approximate surface area is 120 Å². The Kier molecular flexibility index (Phi) is 5.90. The molecule has 1 saturated carbocycles. The molecule has 0 aromatic carbocycles. The van der Waals surface area contributed by atoms with Gasteiger partial charge in [0.05, 0.1) is 5.60 Å². The van der Waals surface area contributed by atoms with Crippen molar-refractivity contribution in [2.24, 2.45) is 0 Å². The quantitative estimate of drug-likeness (QED) is 0.774. The Hall–Kier alpha value is -0.290. The monoisotopic (exact) mass is 295 g/mol. The van der Waals surface area contributed by atoms with Crippen LogP contribution in [0.4, 0.5) is 13.2 Å². The first kappa shape index (κ1) is 17.8. The van der Waals surface area contributed by atoms with Gasteiger partial charge < -0.3 is 10.1 Å². The maximum absolute atomic E-state index is 12.8. The van der Waals surface area contributed by atoms with Gasteiger partial charge in [-0.05, 0) is 40.5 Å². The molecule has 1 aliphatic rings. The lowest BCUT2D eigenvalue weighted by Gasteiger charge is -2.38. The van der Waals surface area contributed by atoms with E-state index in [1.165, 1.54) is 0 Å². The maximum atomic E-state index is 12.8. The highest BCUT2D eigenvalue weighted by molar-refractivity contribution is 4.89. The van der Waals surface area contributed by atoms with E-state index < -0.39 is 17.9 Å². The summed E-state index contributed by atoms with van der Waals surface area (Å²) < 4.78 is 43.9. The zero-order chi connectivity index (χ0) is 15.4. The first-order valence-corrected chi connectivity index (χ1v) is 7.54. The summed E-state index contributed by atoms with van der Waals surface area (Å²) in [6.07, 6.45) is -0.537. The van der Waals surface area contributed by atoms with Crippen molar-refractivity contribution in [1.29, 1.82) is 0 Å². The van der Waals surface area contributed by atoms with E-state index in [1.54, 1.807) is 0 Å². The highest BCUT2D eigenvalue weighted by Crippen LogP contribution is 2.35. The van der Waals surface area contributed by atoms with Gasteiger partial charge in [0.25, 0.3) is 0 Å². The van der Waals surface area contributed by atoms with Crippen LogP contribution in [0.25, 0.3) is 0 Å². The van der Waals surface area contributed by atoms with Gasteiger partial charge in [-0.15, -0.1) is 0 Å². The molecule has 0 radical (unpaired) electrons. The average Bonchev–Trinajstić information content (AvgIpc) is 2.51. The second kappa shape index (κ2) is 6.65.